The van der Waals surface area contributed by atoms with Crippen LogP contribution >= 0.6 is 0 Å². The third-order valence-electron chi connectivity index (χ3n) is 5.15. The SMILES string of the molecule is CNC(=O)c1ccc(-c2nc(-c3cc(C(O)(C(N)=O)C(F)(F)F)ccc3C)cnc2N)cc1. The normalized spacial score (nSPS) is 13.3. The molecular weight excluding hydrogens is 439 g/mol. The lowest BCUT2D eigenvalue weighted by atomic mass is 9.89. The number of carbonyl (C=O) groups is 2. The van der Waals surface area contributed by atoms with Crippen LogP contribution in [-0.4, -0.2) is 40.1 Å². The molecule has 0 saturated heterocycles. The molecule has 1 atom stereocenters. The van der Waals surface area contributed by atoms with Gasteiger partial charge in [0.1, 0.15) is 11.5 Å². The molecule has 0 radical (unpaired) electrons. The van der Waals surface area contributed by atoms with Crippen molar-refractivity contribution in [1.82, 2.24) is 15.3 Å². The predicted molar refractivity (Wildman–Crippen MR) is 115 cm³/mol. The molecule has 0 fully saturated rings. The molecule has 11 heteroatoms. The van der Waals surface area contributed by atoms with Gasteiger partial charge in [0.25, 0.3) is 17.4 Å². The first-order valence-corrected chi connectivity index (χ1v) is 9.55. The number of amides is 2. The third-order valence-corrected chi connectivity index (χ3v) is 5.15. The largest absolute Gasteiger partial charge is 0.430 e. The fourth-order valence-electron chi connectivity index (χ4n) is 3.23. The number of hydrogen-bond acceptors (Lipinski definition) is 6. The fraction of sp³-hybridized carbons (Fsp3) is 0.182. The van der Waals surface area contributed by atoms with E-state index in [0.29, 0.717) is 16.7 Å². The summed E-state index contributed by atoms with van der Waals surface area (Å²) in [6.07, 6.45) is -4.07. The van der Waals surface area contributed by atoms with Gasteiger partial charge in [0.15, 0.2) is 0 Å². The molecule has 33 heavy (non-hydrogen) atoms. The highest BCUT2D eigenvalue weighted by molar-refractivity contribution is 5.94. The van der Waals surface area contributed by atoms with E-state index in [1.165, 1.54) is 19.3 Å². The summed E-state index contributed by atoms with van der Waals surface area (Å²) in [6.45, 7) is 1.62. The third kappa shape index (κ3) is 4.22. The molecule has 1 aromatic heterocycles. The first kappa shape index (κ1) is 23.7. The predicted octanol–water partition coefficient (Wildman–Crippen LogP) is 2.30. The number of nitrogen functional groups attached to an aromatic ring is 1. The van der Waals surface area contributed by atoms with Gasteiger partial charge in [-0.25, -0.2) is 9.97 Å². The molecule has 0 aliphatic rings. The standard InChI is InChI=1S/C22H20F3N5O3/c1-11-3-8-14(21(33,20(27)32)22(23,24)25)9-15(11)16-10-29-18(26)17(30-16)12-4-6-13(7-5-12)19(31)28-2/h3-10,33H,1-2H3,(H2,26,29)(H2,27,32)(H,28,31). The van der Waals surface area contributed by atoms with Crippen molar-refractivity contribution in [1.29, 1.82) is 0 Å². The summed E-state index contributed by atoms with van der Waals surface area (Å²) in [5.41, 5.74) is 8.24. The topological polar surface area (TPSA) is 144 Å². The molecule has 0 saturated carbocycles. The molecular formula is C22H20F3N5O3. The summed E-state index contributed by atoms with van der Waals surface area (Å²) in [4.78, 5) is 31.8. The highest BCUT2D eigenvalue weighted by Crippen LogP contribution is 2.40. The first-order valence-electron chi connectivity index (χ1n) is 9.55. The van der Waals surface area contributed by atoms with E-state index >= 15 is 0 Å². The summed E-state index contributed by atoms with van der Waals surface area (Å²) in [5, 5.41) is 12.6. The lowest BCUT2D eigenvalue weighted by Gasteiger charge is -2.28. The molecule has 0 bridgehead atoms. The molecule has 172 valence electrons. The van der Waals surface area contributed by atoms with E-state index in [1.807, 2.05) is 0 Å². The Morgan fingerprint density at radius 1 is 1.09 bits per heavy atom. The smallest absolute Gasteiger partial charge is 0.382 e. The van der Waals surface area contributed by atoms with E-state index in [-0.39, 0.29) is 28.7 Å². The van der Waals surface area contributed by atoms with Crippen LogP contribution in [0.1, 0.15) is 21.5 Å². The summed E-state index contributed by atoms with van der Waals surface area (Å²) in [5.74, 6) is -2.18. The highest BCUT2D eigenvalue weighted by atomic mass is 19.4. The average Bonchev–Trinajstić information content (AvgIpc) is 2.78. The van der Waals surface area contributed by atoms with Crippen LogP contribution in [0.25, 0.3) is 22.5 Å². The van der Waals surface area contributed by atoms with E-state index in [9.17, 15) is 27.9 Å². The zero-order chi connectivity index (χ0) is 24.6. The Hall–Kier alpha value is -3.99. The monoisotopic (exact) mass is 459 g/mol. The molecule has 2 aromatic carbocycles. The Morgan fingerprint density at radius 2 is 1.73 bits per heavy atom. The summed E-state index contributed by atoms with van der Waals surface area (Å²) in [6, 6.07) is 9.60. The molecule has 0 spiro atoms. The Bertz CT molecular complexity index is 1230. The molecule has 1 heterocycles. The minimum atomic E-state index is -5.34. The number of benzene rings is 2. The van der Waals surface area contributed by atoms with Crippen molar-refractivity contribution in [2.24, 2.45) is 5.73 Å². The van der Waals surface area contributed by atoms with E-state index in [4.69, 9.17) is 11.5 Å². The quantitative estimate of drug-likeness (QED) is 0.461. The number of anilines is 1. The number of aryl methyl sites for hydroxylation is 1. The van der Waals surface area contributed by atoms with Crippen LogP contribution in [0.3, 0.4) is 0 Å². The van der Waals surface area contributed by atoms with Crippen LogP contribution in [0.15, 0.2) is 48.7 Å². The zero-order valence-electron chi connectivity index (χ0n) is 17.6. The number of nitrogens with one attached hydrogen (secondary N) is 1. The minimum Gasteiger partial charge on any atom is -0.382 e. The number of aliphatic hydroxyl groups is 1. The summed E-state index contributed by atoms with van der Waals surface area (Å²) < 4.78 is 40.5. The Labute approximate surface area is 186 Å². The van der Waals surface area contributed by atoms with E-state index in [0.717, 1.165) is 12.1 Å². The van der Waals surface area contributed by atoms with Gasteiger partial charge >= 0.3 is 6.18 Å². The maximum absolute atomic E-state index is 13.5. The van der Waals surface area contributed by atoms with Crippen molar-refractivity contribution in [3.05, 3.63) is 65.4 Å². The summed E-state index contributed by atoms with van der Waals surface area (Å²) in [7, 11) is 1.50. The van der Waals surface area contributed by atoms with Crippen LogP contribution in [-0.2, 0) is 10.4 Å². The number of nitrogens with two attached hydrogens (primary N) is 2. The maximum Gasteiger partial charge on any atom is 0.430 e. The van der Waals surface area contributed by atoms with Crippen molar-refractivity contribution < 1.29 is 27.9 Å². The van der Waals surface area contributed by atoms with Crippen LogP contribution in [0, 0.1) is 6.92 Å². The van der Waals surface area contributed by atoms with Crippen LogP contribution < -0.4 is 16.8 Å². The molecule has 1 unspecified atom stereocenters. The van der Waals surface area contributed by atoms with Crippen LogP contribution in [0.5, 0.6) is 0 Å². The molecule has 0 aliphatic carbocycles. The Kier molecular flexibility index (Phi) is 6.10. The molecule has 2 amide bonds. The van der Waals surface area contributed by atoms with Crippen molar-refractivity contribution in [3.63, 3.8) is 0 Å². The van der Waals surface area contributed by atoms with E-state index < -0.39 is 23.2 Å². The van der Waals surface area contributed by atoms with Gasteiger partial charge in [0.05, 0.1) is 11.9 Å². The Balaban J connectivity index is 2.12. The number of nitrogens with zero attached hydrogens (tertiary/aromatic N) is 2. The molecule has 3 aromatic rings. The molecule has 3 rings (SSSR count). The maximum atomic E-state index is 13.5. The number of carbonyl (C=O) groups excluding carboxylic acids is 2. The second-order valence-corrected chi connectivity index (χ2v) is 7.25. The van der Waals surface area contributed by atoms with Gasteiger partial charge in [-0.05, 0) is 30.7 Å². The summed E-state index contributed by atoms with van der Waals surface area (Å²) >= 11 is 0. The van der Waals surface area contributed by atoms with Crippen molar-refractivity contribution >= 4 is 17.6 Å². The second-order valence-electron chi connectivity index (χ2n) is 7.25. The van der Waals surface area contributed by atoms with Gasteiger partial charge < -0.3 is 21.9 Å². The highest BCUT2D eigenvalue weighted by Gasteiger charge is 2.60. The second kappa shape index (κ2) is 8.51. The number of hydrogen-bond donors (Lipinski definition) is 4. The van der Waals surface area contributed by atoms with Crippen molar-refractivity contribution in [2.45, 2.75) is 18.7 Å². The lowest BCUT2D eigenvalue weighted by Crippen LogP contribution is -2.52. The number of halogens is 3. The minimum absolute atomic E-state index is 0.0594. The van der Waals surface area contributed by atoms with E-state index in [2.05, 4.69) is 15.3 Å². The molecule has 8 nitrogen and oxygen atoms in total. The van der Waals surface area contributed by atoms with Gasteiger partial charge in [-0.2, -0.15) is 13.2 Å². The van der Waals surface area contributed by atoms with Crippen LogP contribution in [0.2, 0.25) is 0 Å². The number of rotatable bonds is 5. The fourth-order valence-corrected chi connectivity index (χ4v) is 3.23. The molecule has 6 N–H and O–H groups in total. The van der Waals surface area contributed by atoms with Gasteiger partial charge in [0, 0.05) is 29.3 Å². The van der Waals surface area contributed by atoms with Gasteiger partial charge in [-0.1, -0.05) is 24.3 Å². The average molecular weight is 459 g/mol. The number of alkyl halides is 3. The number of primary amides is 1. The number of aromatic nitrogens is 2. The lowest BCUT2D eigenvalue weighted by molar-refractivity contribution is -0.255. The zero-order valence-corrected chi connectivity index (χ0v) is 17.6. The van der Waals surface area contributed by atoms with Gasteiger partial charge in [-0.15, -0.1) is 0 Å². The van der Waals surface area contributed by atoms with Crippen molar-refractivity contribution in [2.75, 3.05) is 12.8 Å². The van der Waals surface area contributed by atoms with Crippen LogP contribution in [0.4, 0.5) is 19.0 Å². The van der Waals surface area contributed by atoms with Gasteiger partial charge in [-0.3, -0.25) is 9.59 Å². The van der Waals surface area contributed by atoms with E-state index in [1.54, 1.807) is 31.2 Å². The van der Waals surface area contributed by atoms with Crippen molar-refractivity contribution in [3.8, 4) is 22.5 Å². The van der Waals surface area contributed by atoms with Gasteiger partial charge in [0.2, 0.25) is 0 Å². The first-order chi connectivity index (χ1) is 15.4. The molecule has 0 aliphatic heterocycles. The Morgan fingerprint density at radius 3 is 2.27 bits per heavy atom.